The first-order valence-electron chi connectivity index (χ1n) is 10.7. The molecule has 2 heterocycles. The number of anilines is 1. The van der Waals surface area contributed by atoms with Crippen LogP contribution in [0.4, 0.5) is 5.69 Å². The Bertz CT molecular complexity index is 1190. The maximum Gasteiger partial charge on any atom is 0.239 e. The van der Waals surface area contributed by atoms with Gasteiger partial charge in [0.25, 0.3) is 0 Å². The Morgan fingerprint density at radius 3 is 1.97 bits per heavy atom. The lowest BCUT2D eigenvalue weighted by atomic mass is 9.47. The molecule has 0 spiro atoms. The molecule has 3 aliphatic carbocycles. The van der Waals surface area contributed by atoms with Crippen molar-refractivity contribution in [2.75, 3.05) is 19.1 Å². The van der Waals surface area contributed by atoms with Gasteiger partial charge >= 0.3 is 0 Å². The molecule has 160 valence electrons. The summed E-state index contributed by atoms with van der Waals surface area (Å²) in [6.45, 7) is 0. The number of ether oxygens (including phenoxy) is 2. The summed E-state index contributed by atoms with van der Waals surface area (Å²) >= 11 is 0. The van der Waals surface area contributed by atoms with Crippen molar-refractivity contribution < 1.29 is 19.1 Å². The quantitative estimate of drug-likeness (QED) is 0.473. The van der Waals surface area contributed by atoms with Gasteiger partial charge in [-0.15, -0.1) is 0 Å². The molecule has 0 saturated carbocycles. The average molecular weight is 426 g/mol. The number of benzene rings is 2. The first kappa shape index (κ1) is 19.3. The minimum absolute atomic E-state index is 0.185. The van der Waals surface area contributed by atoms with E-state index in [-0.39, 0.29) is 17.7 Å². The number of imide groups is 1. The summed E-state index contributed by atoms with van der Waals surface area (Å²) in [5.41, 5.74) is 3.71. The molecule has 1 aliphatic heterocycles. The largest absolute Gasteiger partial charge is 0.355 e. The van der Waals surface area contributed by atoms with Crippen LogP contribution in [-0.2, 0) is 24.5 Å². The highest BCUT2D eigenvalue weighted by Crippen LogP contribution is 2.65. The smallest absolute Gasteiger partial charge is 0.239 e. The normalized spacial score (nSPS) is 27.5. The third kappa shape index (κ3) is 2.13. The van der Waals surface area contributed by atoms with Gasteiger partial charge in [-0.3, -0.25) is 14.6 Å². The number of rotatable bonds is 4. The molecule has 4 aliphatic rings. The van der Waals surface area contributed by atoms with E-state index in [1.54, 1.807) is 38.7 Å². The fourth-order valence-corrected chi connectivity index (χ4v) is 6.45. The number of hydrogen-bond acceptors (Lipinski definition) is 5. The van der Waals surface area contributed by atoms with Crippen LogP contribution in [0.25, 0.3) is 0 Å². The van der Waals surface area contributed by atoms with Crippen molar-refractivity contribution >= 4 is 17.5 Å². The van der Waals surface area contributed by atoms with Crippen molar-refractivity contribution in [1.82, 2.24) is 4.98 Å². The van der Waals surface area contributed by atoms with Gasteiger partial charge in [-0.25, -0.2) is 4.90 Å². The van der Waals surface area contributed by atoms with E-state index in [0.717, 1.165) is 22.3 Å². The zero-order valence-corrected chi connectivity index (χ0v) is 17.8. The SMILES string of the molecule is COC(OC)C12c3ccccc3C(c3ccccc31)C1C(=O)N(c3ccncc3)C(=O)C12. The van der Waals surface area contributed by atoms with E-state index < -0.39 is 23.5 Å². The molecule has 7 rings (SSSR count). The summed E-state index contributed by atoms with van der Waals surface area (Å²) in [4.78, 5) is 33.4. The summed E-state index contributed by atoms with van der Waals surface area (Å²) in [7, 11) is 3.18. The highest BCUT2D eigenvalue weighted by molar-refractivity contribution is 6.23. The lowest BCUT2D eigenvalue weighted by Crippen LogP contribution is -2.60. The Kier molecular flexibility index (Phi) is 4.12. The predicted molar refractivity (Wildman–Crippen MR) is 117 cm³/mol. The second-order valence-corrected chi connectivity index (χ2v) is 8.55. The summed E-state index contributed by atoms with van der Waals surface area (Å²) in [5, 5.41) is 0. The first-order valence-corrected chi connectivity index (χ1v) is 10.7. The fraction of sp³-hybridized carbons (Fsp3) is 0.269. The van der Waals surface area contributed by atoms with Gasteiger partial charge in [0.1, 0.15) is 0 Å². The number of carbonyl (C=O) groups is 2. The number of aromatic nitrogens is 1. The van der Waals surface area contributed by atoms with Crippen LogP contribution in [0.15, 0.2) is 73.1 Å². The van der Waals surface area contributed by atoms with Crippen molar-refractivity contribution in [1.29, 1.82) is 0 Å². The average Bonchev–Trinajstić information content (AvgIpc) is 3.11. The Morgan fingerprint density at radius 1 is 0.844 bits per heavy atom. The van der Waals surface area contributed by atoms with Crippen molar-refractivity contribution in [3.8, 4) is 0 Å². The number of nitrogens with zero attached hydrogens (tertiary/aromatic N) is 2. The third-order valence-corrected chi connectivity index (χ3v) is 7.40. The Labute approximate surface area is 185 Å². The Hall–Kier alpha value is -3.35. The molecule has 2 unspecified atom stereocenters. The molecule has 32 heavy (non-hydrogen) atoms. The molecule has 1 aromatic heterocycles. The van der Waals surface area contributed by atoms with Gasteiger partial charge in [0.2, 0.25) is 11.8 Å². The number of hydrogen-bond donors (Lipinski definition) is 0. The summed E-state index contributed by atoms with van der Waals surface area (Å²) in [6.07, 6.45) is 2.45. The number of amides is 2. The van der Waals surface area contributed by atoms with Crippen LogP contribution in [0, 0.1) is 11.8 Å². The monoisotopic (exact) mass is 426 g/mol. The van der Waals surface area contributed by atoms with Crippen LogP contribution in [0.3, 0.4) is 0 Å². The van der Waals surface area contributed by atoms with Gasteiger partial charge < -0.3 is 9.47 Å². The second-order valence-electron chi connectivity index (χ2n) is 8.55. The van der Waals surface area contributed by atoms with Crippen molar-refractivity contribution in [3.63, 3.8) is 0 Å². The van der Waals surface area contributed by atoms with Gasteiger partial charge in [-0.1, -0.05) is 48.5 Å². The lowest BCUT2D eigenvalue weighted by Gasteiger charge is -2.56. The van der Waals surface area contributed by atoms with Crippen LogP contribution in [0.5, 0.6) is 0 Å². The maximum atomic E-state index is 14.1. The molecule has 6 heteroatoms. The van der Waals surface area contributed by atoms with E-state index in [1.165, 1.54) is 4.90 Å². The van der Waals surface area contributed by atoms with Gasteiger partial charge in [0, 0.05) is 32.5 Å². The fourth-order valence-electron chi connectivity index (χ4n) is 6.45. The standard InChI is InChI=1S/C26H22N2O4/c1-31-25(32-2)26-18-9-5-3-7-16(18)20(17-8-4-6-10-19(17)26)21-22(26)24(30)28(23(21)29)15-11-13-27-14-12-15/h3-14,20-22,25H,1-2H3. The van der Waals surface area contributed by atoms with Gasteiger partial charge in [0.05, 0.1) is 22.9 Å². The highest BCUT2D eigenvalue weighted by Gasteiger charge is 2.71. The topological polar surface area (TPSA) is 68.7 Å². The molecular formula is C26H22N2O4. The number of carbonyl (C=O) groups excluding carboxylic acids is 2. The van der Waals surface area contributed by atoms with Gasteiger partial charge in [-0.05, 0) is 34.4 Å². The molecule has 1 fully saturated rings. The Balaban J connectivity index is 1.69. The maximum absolute atomic E-state index is 14.1. The van der Waals surface area contributed by atoms with Crippen LogP contribution < -0.4 is 4.90 Å². The minimum Gasteiger partial charge on any atom is -0.355 e. The molecular weight excluding hydrogens is 404 g/mol. The molecule has 2 atom stereocenters. The van der Waals surface area contributed by atoms with E-state index in [4.69, 9.17) is 9.47 Å². The zero-order valence-electron chi connectivity index (χ0n) is 17.8. The van der Waals surface area contributed by atoms with Crippen molar-refractivity contribution in [2.45, 2.75) is 17.6 Å². The molecule has 2 bridgehead atoms. The summed E-state index contributed by atoms with van der Waals surface area (Å²) in [5.74, 6) is -1.78. The second kappa shape index (κ2) is 6.82. The first-order chi connectivity index (χ1) is 15.7. The molecule has 0 N–H and O–H groups in total. The molecule has 2 aromatic carbocycles. The van der Waals surface area contributed by atoms with Crippen LogP contribution in [-0.4, -0.2) is 37.3 Å². The van der Waals surface area contributed by atoms with E-state index in [9.17, 15) is 9.59 Å². The predicted octanol–water partition coefficient (Wildman–Crippen LogP) is 3.25. The molecule has 3 aromatic rings. The van der Waals surface area contributed by atoms with E-state index >= 15 is 0 Å². The highest BCUT2D eigenvalue weighted by atomic mass is 16.7. The van der Waals surface area contributed by atoms with E-state index in [1.807, 2.05) is 36.4 Å². The van der Waals surface area contributed by atoms with Crippen LogP contribution in [0.1, 0.15) is 28.2 Å². The van der Waals surface area contributed by atoms with E-state index in [0.29, 0.717) is 5.69 Å². The third-order valence-electron chi connectivity index (χ3n) is 7.40. The van der Waals surface area contributed by atoms with Crippen molar-refractivity contribution in [3.05, 3.63) is 95.3 Å². The molecule has 6 nitrogen and oxygen atoms in total. The van der Waals surface area contributed by atoms with Gasteiger partial charge in [0.15, 0.2) is 6.29 Å². The van der Waals surface area contributed by atoms with Crippen LogP contribution >= 0.6 is 0 Å². The van der Waals surface area contributed by atoms with Crippen LogP contribution in [0.2, 0.25) is 0 Å². The molecule has 0 radical (unpaired) electrons. The van der Waals surface area contributed by atoms with Crippen molar-refractivity contribution in [2.24, 2.45) is 11.8 Å². The minimum atomic E-state index is -0.940. The molecule has 1 saturated heterocycles. The van der Waals surface area contributed by atoms with E-state index in [2.05, 4.69) is 17.1 Å². The lowest BCUT2D eigenvalue weighted by molar-refractivity contribution is -0.168. The zero-order chi connectivity index (χ0) is 22.0. The van der Waals surface area contributed by atoms with Gasteiger partial charge in [-0.2, -0.15) is 0 Å². The number of methoxy groups -OCH3 is 2. The summed E-state index contributed by atoms with van der Waals surface area (Å²) < 4.78 is 11.8. The Morgan fingerprint density at radius 2 is 1.41 bits per heavy atom. The molecule has 2 amide bonds. The number of pyridine rings is 1. The summed E-state index contributed by atoms with van der Waals surface area (Å²) in [6, 6.07) is 19.6.